The zero-order chi connectivity index (χ0) is 14.3. The number of rotatable bonds is 6. The van der Waals surface area contributed by atoms with Crippen molar-refractivity contribution in [3.63, 3.8) is 0 Å². The van der Waals surface area contributed by atoms with Gasteiger partial charge in [0, 0.05) is 37.6 Å². The lowest BCUT2D eigenvalue weighted by molar-refractivity contribution is 0.0773. The SMILES string of the molecule is C=C(C)CN(CC)C(=O)NCC1(SC)CCOCC1. The summed E-state index contributed by atoms with van der Waals surface area (Å²) >= 11 is 1.84. The second-order valence-electron chi connectivity index (χ2n) is 5.13. The van der Waals surface area contributed by atoms with E-state index in [1.807, 2.05) is 25.6 Å². The number of carbonyl (C=O) groups is 1. The smallest absolute Gasteiger partial charge is 0.317 e. The van der Waals surface area contributed by atoms with Crippen LogP contribution in [0, 0.1) is 0 Å². The molecule has 0 saturated carbocycles. The van der Waals surface area contributed by atoms with E-state index in [2.05, 4.69) is 18.2 Å². The molecule has 1 saturated heterocycles. The predicted octanol–water partition coefficient (Wildman–Crippen LogP) is 2.51. The van der Waals surface area contributed by atoms with E-state index in [-0.39, 0.29) is 10.8 Å². The van der Waals surface area contributed by atoms with E-state index in [4.69, 9.17) is 4.74 Å². The summed E-state index contributed by atoms with van der Waals surface area (Å²) in [5.74, 6) is 0. The standard InChI is InChI=1S/C14H26N2O2S/c1-5-16(10-12(2)3)13(17)15-11-14(19-4)6-8-18-9-7-14/h2,5-11H2,1,3-4H3,(H,15,17). The predicted molar refractivity (Wildman–Crippen MR) is 81.8 cm³/mol. The molecule has 5 heteroatoms. The minimum absolute atomic E-state index is 0.00502. The van der Waals surface area contributed by atoms with Gasteiger partial charge in [-0.1, -0.05) is 12.2 Å². The molecule has 0 aromatic rings. The molecule has 1 rings (SSSR count). The summed E-state index contributed by atoms with van der Waals surface area (Å²) < 4.78 is 5.54. The first-order chi connectivity index (χ1) is 9.03. The fourth-order valence-corrected chi connectivity index (χ4v) is 2.99. The van der Waals surface area contributed by atoms with Crippen molar-refractivity contribution in [2.45, 2.75) is 31.4 Å². The number of likely N-dealkylation sites (N-methyl/N-ethyl adjacent to an activating group) is 1. The van der Waals surface area contributed by atoms with Crippen LogP contribution in [0.15, 0.2) is 12.2 Å². The Bertz CT molecular complexity index is 315. The van der Waals surface area contributed by atoms with Crippen LogP contribution in [-0.2, 0) is 4.74 Å². The summed E-state index contributed by atoms with van der Waals surface area (Å²) in [6.07, 6.45) is 4.12. The Balaban J connectivity index is 2.48. The van der Waals surface area contributed by atoms with Crippen LogP contribution in [0.4, 0.5) is 4.79 Å². The average molecular weight is 286 g/mol. The van der Waals surface area contributed by atoms with Crippen molar-refractivity contribution in [3.05, 3.63) is 12.2 Å². The van der Waals surface area contributed by atoms with Crippen molar-refractivity contribution in [1.82, 2.24) is 10.2 Å². The largest absolute Gasteiger partial charge is 0.381 e. The highest BCUT2D eigenvalue weighted by Crippen LogP contribution is 2.32. The molecule has 0 aromatic carbocycles. The molecule has 0 spiro atoms. The third kappa shape index (κ3) is 5.07. The minimum Gasteiger partial charge on any atom is -0.381 e. The summed E-state index contributed by atoms with van der Waals surface area (Å²) in [4.78, 5) is 13.9. The molecular weight excluding hydrogens is 260 g/mol. The number of amides is 2. The van der Waals surface area contributed by atoms with E-state index in [0.29, 0.717) is 19.6 Å². The van der Waals surface area contributed by atoms with Crippen LogP contribution in [0.2, 0.25) is 0 Å². The molecule has 0 aliphatic carbocycles. The van der Waals surface area contributed by atoms with Gasteiger partial charge in [-0.25, -0.2) is 4.79 Å². The van der Waals surface area contributed by atoms with E-state index in [9.17, 15) is 4.79 Å². The first-order valence-corrected chi connectivity index (χ1v) is 8.05. The zero-order valence-electron chi connectivity index (χ0n) is 12.3. The number of ether oxygens (including phenoxy) is 1. The second-order valence-corrected chi connectivity index (χ2v) is 6.40. The summed E-state index contributed by atoms with van der Waals surface area (Å²) in [6.45, 7) is 11.4. The molecule has 1 N–H and O–H groups in total. The van der Waals surface area contributed by atoms with Gasteiger partial charge in [0.1, 0.15) is 0 Å². The lowest BCUT2D eigenvalue weighted by Gasteiger charge is -2.36. The van der Waals surface area contributed by atoms with Crippen LogP contribution in [0.1, 0.15) is 26.7 Å². The summed E-state index contributed by atoms with van der Waals surface area (Å²) in [6, 6.07) is 0.00502. The van der Waals surface area contributed by atoms with Crippen molar-refractivity contribution in [3.8, 4) is 0 Å². The van der Waals surface area contributed by atoms with Crippen LogP contribution >= 0.6 is 11.8 Å². The topological polar surface area (TPSA) is 41.6 Å². The number of nitrogens with zero attached hydrogens (tertiary/aromatic N) is 1. The van der Waals surface area contributed by atoms with E-state index in [1.165, 1.54) is 0 Å². The molecule has 1 heterocycles. The third-order valence-corrected chi connectivity index (χ3v) is 4.95. The quantitative estimate of drug-likeness (QED) is 0.763. The normalized spacial score (nSPS) is 17.8. The Morgan fingerprint density at radius 1 is 1.47 bits per heavy atom. The van der Waals surface area contributed by atoms with Crippen molar-refractivity contribution in [2.24, 2.45) is 0 Å². The lowest BCUT2D eigenvalue weighted by Crippen LogP contribution is -2.48. The Morgan fingerprint density at radius 3 is 2.58 bits per heavy atom. The van der Waals surface area contributed by atoms with Gasteiger partial charge in [0.15, 0.2) is 0 Å². The van der Waals surface area contributed by atoms with Crippen molar-refractivity contribution >= 4 is 17.8 Å². The highest BCUT2D eigenvalue weighted by molar-refractivity contribution is 8.00. The fourth-order valence-electron chi connectivity index (χ4n) is 2.20. The van der Waals surface area contributed by atoms with Gasteiger partial charge in [0.2, 0.25) is 0 Å². The molecule has 1 aliphatic heterocycles. The summed E-state index contributed by atoms with van der Waals surface area (Å²) in [7, 11) is 0. The Kier molecular flexibility index (Phi) is 6.72. The Morgan fingerprint density at radius 2 is 2.11 bits per heavy atom. The molecule has 0 bridgehead atoms. The number of carbonyl (C=O) groups excluding carboxylic acids is 1. The highest BCUT2D eigenvalue weighted by Gasteiger charge is 2.32. The van der Waals surface area contributed by atoms with Gasteiger partial charge >= 0.3 is 6.03 Å². The molecule has 0 atom stereocenters. The fraction of sp³-hybridized carbons (Fsp3) is 0.786. The number of hydrogen-bond acceptors (Lipinski definition) is 3. The first-order valence-electron chi connectivity index (χ1n) is 6.83. The van der Waals surface area contributed by atoms with Gasteiger partial charge in [-0.3, -0.25) is 0 Å². The minimum atomic E-state index is 0.00502. The number of urea groups is 1. The van der Waals surface area contributed by atoms with Gasteiger partial charge < -0.3 is 15.0 Å². The van der Waals surface area contributed by atoms with Crippen LogP contribution in [0.3, 0.4) is 0 Å². The van der Waals surface area contributed by atoms with E-state index in [0.717, 1.165) is 31.6 Å². The molecule has 1 fully saturated rings. The molecule has 0 radical (unpaired) electrons. The van der Waals surface area contributed by atoms with Gasteiger partial charge in [-0.15, -0.1) is 0 Å². The third-order valence-electron chi connectivity index (χ3n) is 3.53. The van der Waals surface area contributed by atoms with Gasteiger partial charge in [0.05, 0.1) is 0 Å². The number of thioether (sulfide) groups is 1. The van der Waals surface area contributed by atoms with Gasteiger partial charge in [0.25, 0.3) is 0 Å². The molecule has 2 amide bonds. The van der Waals surface area contributed by atoms with Crippen LogP contribution in [0.25, 0.3) is 0 Å². The highest BCUT2D eigenvalue weighted by atomic mass is 32.2. The van der Waals surface area contributed by atoms with Crippen molar-refractivity contribution in [1.29, 1.82) is 0 Å². The van der Waals surface area contributed by atoms with Crippen LogP contribution in [-0.4, -0.2) is 54.8 Å². The number of nitrogens with one attached hydrogen (secondary N) is 1. The Hall–Kier alpha value is -0.680. The number of hydrogen-bond donors (Lipinski definition) is 1. The van der Waals surface area contributed by atoms with E-state index in [1.54, 1.807) is 4.90 Å². The average Bonchev–Trinajstić information content (AvgIpc) is 2.43. The summed E-state index contributed by atoms with van der Waals surface area (Å²) in [5.41, 5.74) is 1.00. The lowest BCUT2D eigenvalue weighted by atomic mass is 9.99. The summed E-state index contributed by atoms with van der Waals surface area (Å²) in [5, 5.41) is 3.07. The molecule has 0 aromatic heterocycles. The van der Waals surface area contributed by atoms with E-state index < -0.39 is 0 Å². The van der Waals surface area contributed by atoms with Crippen LogP contribution in [0.5, 0.6) is 0 Å². The van der Waals surface area contributed by atoms with E-state index >= 15 is 0 Å². The van der Waals surface area contributed by atoms with Crippen molar-refractivity contribution in [2.75, 3.05) is 39.1 Å². The molecule has 0 unspecified atom stereocenters. The first kappa shape index (κ1) is 16.4. The second kappa shape index (κ2) is 7.80. The van der Waals surface area contributed by atoms with Gasteiger partial charge in [-0.05, 0) is 32.9 Å². The monoisotopic (exact) mass is 286 g/mol. The molecule has 110 valence electrons. The van der Waals surface area contributed by atoms with Crippen LogP contribution < -0.4 is 5.32 Å². The molecule has 4 nitrogen and oxygen atoms in total. The maximum atomic E-state index is 12.1. The Labute approximate surface area is 120 Å². The zero-order valence-corrected chi connectivity index (χ0v) is 13.1. The molecular formula is C14H26N2O2S. The molecule has 19 heavy (non-hydrogen) atoms. The van der Waals surface area contributed by atoms with Gasteiger partial charge in [-0.2, -0.15) is 11.8 Å². The molecule has 1 aliphatic rings. The maximum Gasteiger partial charge on any atom is 0.317 e. The van der Waals surface area contributed by atoms with Crippen molar-refractivity contribution < 1.29 is 9.53 Å². The maximum absolute atomic E-state index is 12.1.